The van der Waals surface area contributed by atoms with Gasteiger partial charge in [0.05, 0.1) is 0 Å². The van der Waals surface area contributed by atoms with E-state index in [4.69, 9.17) is 16.0 Å². The average Bonchev–Trinajstić information content (AvgIpc) is 2.98. The molecular formula is C16H19ClN2O. The van der Waals surface area contributed by atoms with Crippen LogP contribution in [0.15, 0.2) is 34.7 Å². The normalized spacial score (nSPS) is 24.5. The molecule has 20 heavy (non-hydrogen) atoms. The van der Waals surface area contributed by atoms with E-state index in [9.17, 15) is 0 Å². The second kappa shape index (κ2) is 5.96. The third-order valence-electron chi connectivity index (χ3n) is 4.13. The summed E-state index contributed by atoms with van der Waals surface area (Å²) < 4.78 is 5.82. The standard InChI is InChI=1S/C16H19ClN2O/c1-11-7-9-13(10-8-11)15-18-19-16(20-15)14(17)12-5-3-2-4-6-12/h2-6,11,13-14H,7-10H2,1H3. The molecule has 1 fully saturated rings. The second-order valence-electron chi connectivity index (χ2n) is 5.71. The van der Waals surface area contributed by atoms with Gasteiger partial charge in [0.15, 0.2) is 0 Å². The summed E-state index contributed by atoms with van der Waals surface area (Å²) in [6, 6.07) is 9.85. The summed E-state index contributed by atoms with van der Waals surface area (Å²) in [5.41, 5.74) is 0.988. The molecule has 1 unspecified atom stereocenters. The van der Waals surface area contributed by atoms with Crippen LogP contribution in [-0.4, -0.2) is 10.2 Å². The molecule has 1 aliphatic carbocycles. The smallest absolute Gasteiger partial charge is 0.238 e. The fourth-order valence-electron chi connectivity index (χ4n) is 2.79. The lowest BCUT2D eigenvalue weighted by molar-refractivity contribution is 0.302. The summed E-state index contributed by atoms with van der Waals surface area (Å²) in [6.07, 6.45) is 4.76. The number of benzene rings is 1. The molecular weight excluding hydrogens is 272 g/mol. The number of hydrogen-bond donors (Lipinski definition) is 0. The predicted octanol–water partition coefficient (Wildman–Crippen LogP) is 4.69. The molecule has 1 aromatic heterocycles. The van der Waals surface area contributed by atoms with Gasteiger partial charge in [-0.2, -0.15) is 0 Å². The van der Waals surface area contributed by atoms with Gasteiger partial charge in [0.1, 0.15) is 5.38 Å². The molecule has 0 aliphatic heterocycles. The molecule has 1 heterocycles. The molecule has 2 aromatic rings. The van der Waals surface area contributed by atoms with Crippen molar-refractivity contribution in [2.45, 2.75) is 43.9 Å². The van der Waals surface area contributed by atoms with E-state index in [0.29, 0.717) is 11.8 Å². The van der Waals surface area contributed by atoms with Crippen LogP contribution in [0.2, 0.25) is 0 Å². The van der Waals surface area contributed by atoms with Gasteiger partial charge in [-0.05, 0) is 37.2 Å². The lowest BCUT2D eigenvalue weighted by Crippen LogP contribution is -2.11. The van der Waals surface area contributed by atoms with Gasteiger partial charge in [-0.25, -0.2) is 0 Å². The number of nitrogens with zero attached hydrogens (tertiary/aromatic N) is 2. The Kier molecular flexibility index (Phi) is 4.06. The minimum absolute atomic E-state index is 0.361. The highest BCUT2D eigenvalue weighted by atomic mass is 35.5. The molecule has 0 bridgehead atoms. The van der Waals surface area contributed by atoms with E-state index in [0.717, 1.165) is 30.2 Å². The number of rotatable bonds is 3. The fraction of sp³-hybridized carbons (Fsp3) is 0.500. The summed E-state index contributed by atoms with van der Waals surface area (Å²) >= 11 is 6.41. The van der Waals surface area contributed by atoms with Crippen LogP contribution in [0, 0.1) is 5.92 Å². The van der Waals surface area contributed by atoms with Crippen LogP contribution in [0.3, 0.4) is 0 Å². The van der Waals surface area contributed by atoms with Crippen LogP contribution in [0.1, 0.15) is 61.2 Å². The van der Waals surface area contributed by atoms with Gasteiger partial charge in [-0.3, -0.25) is 0 Å². The largest absolute Gasteiger partial charge is 0.423 e. The maximum atomic E-state index is 6.41. The topological polar surface area (TPSA) is 38.9 Å². The zero-order valence-corrected chi connectivity index (χ0v) is 12.4. The summed E-state index contributed by atoms with van der Waals surface area (Å²) in [4.78, 5) is 0. The monoisotopic (exact) mass is 290 g/mol. The molecule has 0 saturated heterocycles. The Morgan fingerprint density at radius 1 is 1.10 bits per heavy atom. The molecule has 3 nitrogen and oxygen atoms in total. The molecule has 3 rings (SSSR count). The van der Waals surface area contributed by atoms with Crippen molar-refractivity contribution in [1.82, 2.24) is 10.2 Å². The molecule has 4 heteroatoms. The molecule has 1 aliphatic rings. The van der Waals surface area contributed by atoms with Gasteiger partial charge in [0.25, 0.3) is 0 Å². The molecule has 0 N–H and O–H groups in total. The minimum Gasteiger partial charge on any atom is -0.423 e. The SMILES string of the molecule is CC1CCC(c2nnc(C(Cl)c3ccccc3)o2)CC1. The highest BCUT2D eigenvalue weighted by molar-refractivity contribution is 6.22. The van der Waals surface area contributed by atoms with Crippen molar-refractivity contribution in [2.24, 2.45) is 5.92 Å². The maximum absolute atomic E-state index is 6.41. The van der Waals surface area contributed by atoms with E-state index in [1.165, 1.54) is 12.8 Å². The molecule has 106 valence electrons. The van der Waals surface area contributed by atoms with Crippen molar-refractivity contribution < 1.29 is 4.42 Å². The number of alkyl halides is 1. The summed E-state index contributed by atoms with van der Waals surface area (Å²) in [6.45, 7) is 2.31. The van der Waals surface area contributed by atoms with Gasteiger partial charge in [-0.1, -0.05) is 37.3 Å². The first kappa shape index (κ1) is 13.6. The minimum atomic E-state index is -0.361. The Bertz CT molecular complexity index is 547. The first-order valence-electron chi connectivity index (χ1n) is 7.26. The highest BCUT2D eigenvalue weighted by Crippen LogP contribution is 2.36. The van der Waals surface area contributed by atoms with E-state index in [1.54, 1.807) is 0 Å². The van der Waals surface area contributed by atoms with Crippen LogP contribution in [0.4, 0.5) is 0 Å². The lowest BCUT2D eigenvalue weighted by atomic mass is 9.83. The Labute approximate surface area is 124 Å². The number of halogens is 1. The van der Waals surface area contributed by atoms with Crippen LogP contribution in [0.25, 0.3) is 0 Å². The van der Waals surface area contributed by atoms with E-state index >= 15 is 0 Å². The van der Waals surface area contributed by atoms with Crippen molar-refractivity contribution in [2.75, 3.05) is 0 Å². The third-order valence-corrected chi connectivity index (χ3v) is 4.57. The zero-order chi connectivity index (χ0) is 13.9. The van der Waals surface area contributed by atoms with E-state index in [1.807, 2.05) is 30.3 Å². The lowest BCUT2D eigenvalue weighted by Gasteiger charge is -2.23. The molecule has 0 amide bonds. The number of hydrogen-bond acceptors (Lipinski definition) is 3. The Morgan fingerprint density at radius 3 is 2.50 bits per heavy atom. The first-order chi connectivity index (χ1) is 9.74. The van der Waals surface area contributed by atoms with Crippen LogP contribution >= 0.6 is 11.6 Å². The molecule has 1 atom stereocenters. The van der Waals surface area contributed by atoms with E-state index in [2.05, 4.69) is 17.1 Å². The quantitative estimate of drug-likeness (QED) is 0.770. The van der Waals surface area contributed by atoms with Gasteiger partial charge >= 0.3 is 0 Å². The summed E-state index contributed by atoms with van der Waals surface area (Å²) in [5.74, 6) is 2.49. The van der Waals surface area contributed by atoms with E-state index < -0.39 is 0 Å². The fourth-order valence-corrected chi connectivity index (χ4v) is 3.02. The zero-order valence-electron chi connectivity index (χ0n) is 11.6. The van der Waals surface area contributed by atoms with Crippen molar-refractivity contribution in [3.05, 3.63) is 47.7 Å². The van der Waals surface area contributed by atoms with E-state index in [-0.39, 0.29) is 5.38 Å². The average molecular weight is 291 g/mol. The Balaban J connectivity index is 1.73. The van der Waals surface area contributed by atoms with Gasteiger partial charge in [0, 0.05) is 5.92 Å². The third kappa shape index (κ3) is 2.88. The molecule has 1 saturated carbocycles. The van der Waals surface area contributed by atoms with Gasteiger partial charge < -0.3 is 4.42 Å². The molecule has 1 aromatic carbocycles. The Hall–Kier alpha value is -1.35. The van der Waals surface area contributed by atoms with Crippen molar-refractivity contribution >= 4 is 11.6 Å². The van der Waals surface area contributed by atoms with Crippen LogP contribution in [-0.2, 0) is 0 Å². The second-order valence-corrected chi connectivity index (χ2v) is 6.15. The number of aromatic nitrogens is 2. The summed E-state index contributed by atoms with van der Waals surface area (Å²) in [5, 5.41) is 7.99. The van der Waals surface area contributed by atoms with Crippen molar-refractivity contribution in [1.29, 1.82) is 0 Å². The van der Waals surface area contributed by atoms with Gasteiger partial charge in [-0.15, -0.1) is 21.8 Å². The Morgan fingerprint density at radius 2 is 1.80 bits per heavy atom. The first-order valence-corrected chi connectivity index (χ1v) is 7.70. The predicted molar refractivity (Wildman–Crippen MR) is 78.8 cm³/mol. The summed E-state index contributed by atoms with van der Waals surface area (Å²) in [7, 11) is 0. The van der Waals surface area contributed by atoms with Crippen molar-refractivity contribution in [3.8, 4) is 0 Å². The highest BCUT2D eigenvalue weighted by Gasteiger charge is 2.26. The molecule has 0 spiro atoms. The maximum Gasteiger partial charge on any atom is 0.238 e. The molecule has 0 radical (unpaired) electrons. The van der Waals surface area contributed by atoms with Crippen LogP contribution < -0.4 is 0 Å². The van der Waals surface area contributed by atoms with Crippen molar-refractivity contribution in [3.63, 3.8) is 0 Å². The van der Waals surface area contributed by atoms with Gasteiger partial charge in [0.2, 0.25) is 11.8 Å². The van der Waals surface area contributed by atoms with Crippen LogP contribution in [0.5, 0.6) is 0 Å².